The summed E-state index contributed by atoms with van der Waals surface area (Å²) in [5.41, 5.74) is 0.153. The molecule has 0 amide bonds. The number of benzene rings is 1. The van der Waals surface area contributed by atoms with E-state index in [2.05, 4.69) is 21.2 Å². The molecule has 5 nitrogen and oxygen atoms in total. The Hall–Kier alpha value is -1.28. The van der Waals surface area contributed by atoms with Crippen LogP contribution in [-0.4, -0.2) is 29.1 Å². The first-order valence-corrected chi connectivity index (χ1v) is 5.31. The van der Waals surface area contributed by atoms with E-state index in [0.717, 1.165) is 0 Å². The van der Waals surface area contributed by atoms with Gasteiger partial charge in [0.25, 0.3) is 11.6 Å². The number of nitrogens with one attached hydrogen (secondary N) is 1. The zero-order chi connectivity index (χ0) is 13.1. The number of nitro benzene ring substituents is 1. The first-order valence-electron chi connectivity index (χ1n) is 4.52. The number of nitrogens with zero attached hydrogens (tertiary/aromatic N) is 1. The number of anilines is 1. The summed E-state index contributed by atoms with van der Waals surface area (Å²) in [5, 5.41) is 21.2. The zero-order valence-electron chi connectivity index (χ0n) is 8.49. The Kier molecular flexibility index (Phi) is 4.35. The average molecular weight is 311 g/mol. The molecule has 0 aliphatic carbocycles. The van der Waals surface area contributed by atoms with Crippen molar-refractivity contribution >= 4 is 27.3 Å². The van der Waals surface area contributed by atoms with Crippen molar-refractivity contribution in [2.45, 2.75) is 5.92 Å². The second-order valence-corrected chi connectivity index (χ2v) is 4.14. The lowest BCUT2D eigenvalue weighted by Crippen LogP contribution is -2.31. The molecule has 1 rings (SSSR count). The van der Waals surface area contributed by atoms with Gasteiger partial charge in [-0.15, -0.1) is 0 Å². The summed E-state index contributed by atoms with van der Waals surface area (Å²) in [7, 11) is 0. The summed E-state index contributed by atoms with van der Waals surface area (Å²) in [6, 6.07) is 3.72. The maximum atomic E-state index is 12.7. The summed E-state index contributed by atoms with van der Waals surface area (Å²) in [6.07, 6.45) is 0. The van der Waals surface area contributed by atoms with Crippen molar-refractivity contribution in [1.82, 2.24) is 0 Å². The van der Waals surface area contributed by atoms with Crippen LogP contribution in [0.25, 0.3) is 0 Å². The number of alkyl halides is 2. The Morgan fingerprint density at radius 1 is 1.53 bits per heavy atom. The molecule has 1 aromatic carbocycles. The number of non-ortho nitro benzene ring substituents is 1. The third-order valence-corrected chi connectivity index (χ3v) is 2.59. The molecule has 0 saturated heterocycles. The quantitative estimate of drug-likeness (QED) is 0.647. The Balaban J connectivity index is 2.77. The molecular weight excluding hydrogens is 302 g/mol. The van der Waals surface area contributed by atoms with Gasteiger partial charge in [0, 0.05) is 22.3 Å². The first kappa shape index (κ1) is 13.8. The number of rotatable bonds is 5. The largest absolute Gasteiger partial charge is 0.390 e. The van der Waals surface area contributed by atoms with Crippen molar-refractivity contribution in [2.75, 3.05) is 18.5 Å². The lowest BCUT2D eigenvalue weighted by Gasteiger charge is -2.15. The molecule has 1 aromatic rings. The third kappa shape index (κ3) is 3.90. The van der Waals surface area contributed by atoms with Crippen LogP contribution >= 0.6 is 15.9 Å². The first-order chi connectivity index (χ1) is 7.85. The number of aliphatic hydroxyl groups excluding tert-OH is 1. The van der Waals surface area contributed by atoms with Crippen LogP contribution in [-0.2, 0) is 0 Å². The molecular formula is C9H9BrF2N2O3. The molecule has 0 atom stereocenters. The molecule has 0 aliphatic heterocycles. The van der Waals surface area contributed by atoms with E-state index in [1.54, 1.807) is 0 Å². The number of nitro groups is 1. The average Bonchev–Trinajstić information content (AvgIpc) is 2.27. The number of halogens is 3. The molecule has 94 valence electrons. The highest BCUT2D eigenvalue weighted by atomic mass is 79.9. The van der Waals surface area contributed by atoms with E-state index in [0.29, 0.717) is 10.2 Å². The molecule has 0 fully saturated rings. The van der Waals surface area contributed by atoms with Crippen molar-refractivity contribution in [3.63, 3.8) is 0 Å². The van der Waals surface area contributed by atoms with Gasteiger partial charge in [-0.25, -0.2) is 8.78 Å². The fraction of sp³-hybridized carbons (Fsp3) is 0.333. The van der Waals surface area contributed by atoms with Crippen molar-refractivity contribution < 1.29 is 18.8 Å². The lowest BCUT2D eigenvalue weighted by molar-refractivity contribution is -0.384. The second kappa shape index (κ2) is 5.37. The van der Waals surface area contributed by atoms with Gasteiger partial charge in [0.15, 0.2) is 0 Å². The predicted octanol–water partition coefficient (Wildman–Crippen LogP) is 2.40. The van der Waals surface area contributed by atoms with Crippen LogP contribution in [0.5, 0.6) is 0 Å². The summed E-state index contributed by atoms with van der Waals surface area (Å²) in [6.45, 7) is -2.01. The highest BCUT2D eigenvalue weighted by Gasteiger charge is 2.27. The van der Waals surface area contributed by atoms with Gasteiger partial charge in [0.1, 0.15) is 6.61 Å². The monoisotopic (exact) mass is 310 g/mol. The standard InChI is InChI=1S/C9H9BrF2N2O3/c10-7-3-6(14(16)17)1-2-8(7)13-4-9(11,12)5-15/h1-3,13,15H,4-5H2. The Morgan fingerprint density at radius 2 is 2.18 bits per heavy atom. The fourth-order valence-electron chi connectivity index (χ4n) is 1.04. The summed E-state index contributed by atoms with van der Waals surface area (Å²) >= 11 is 3.03. The van der Waals surface area contributed by atoms with Crippen molar-refractivity contribution in [1.29, 1.82) is 0 Å². The van der Waals surface area contributed by atoms with Crippen molar-refractivity contribution in [3.05, 3.63) is 32.8 Å². The number of hydrogen-bond donors (Lipinski definition) is 2. The Bertz CT molecular complexity index is 429. The molecule has 2 N–H and O–H groups in total. The number of aliphatic hydroxyl groups is 1. The van der Waals surface area contributed by atoms with E-state index < -0.39 is 24.0 Å². The van der Waals surface area contributed by atoms with Gasteiger partial charge in [0.2, 0.25) is 0 Å². The smallest absolute Gasteiger partial charge is 0.287 e. The van der Waals surface area contributed by atoms with Crippen molar-refractivity contribution in [2.24, 2.45) is 0 Å². The lowest BCUT2D eigenvalue weighted by atomic mass is 10.2. The second-order valence-electron chi connectivity index (χ2n) is 3.29. The summed E-state index contributed by atoms with van der Waals surface area (Å²) in [5.74, 6) is -3.23. The van der Waals surface area contributed by atoms with E-state index >= 15 is 0 Å². The van der Waals surface area contributed by atoms with Gasteiger partial charge < -0.3 is 10.4 Å². The topological polar surface area (TPSA) is 75.4 Å². The van der Waals surface area contributed by atoms with Gasteiger partial charge in [0.05, 0.1) is 11.5 Å². The van der Waals surface area contributed by atoms with E-state index in [4.69, 9.17) is 5.11 Å². The molecule has 0 spiro atoms. The SMILES string of the molecule is O=[N+]([O-])c1ccc(NCC(F)(F)CO)c(Br)c1. The summed E-state index contributed by atoms with van der Waals surface area (Å²) < 4.78 is 25.8. The fourth-order valence-corrected chi connectivity index (χ4v) is 1.55. The predicted molar refractivity (Wildman–Crippen MR) is 61.3 cm³/mol. The minimum absolute atomic E-state index is 0.142. The molecule has 0 saturated carbocycles. The van der Waals surface area contributed by atoms with Gasteiger partial charge in [-0.2, -0.15) is 0 Å². The van der Waals surface area contributed by atoms with Crippen LogP contribution in [0.1, 0.15) is 0 Å². The van der Waals surface area contributed by atoms with Crippen molar-refractivity contribution in [3.8, 4) is 0 Å². The van der Waals surface area contributed by atoms with Crippen LogP contribution in [0.15, 0.2) is 22.7 Å². The highest BCUT2D eigenvalue weighted by molar-refractivity contribution is 9.10. The Labute approximate surface area is 104 Å². The van der Waals surface area contributed by atoms with E-state index in [1.807, 2.05) is 0 Å². The molecule has 0 unspecified atom stereocenters. The maximum absolute atomic E-state index is 12.7. The van der Waals surface area contributed by atoms with Crippen LogP contribution in [0, 0.1) is 10.1 Å². The molecule has 0 aromatic heterocycles. The maximum Gasteiger partial charge on any atom is 0.287 e. The zero-order valence-corrected chi connectivity index (χ0v) is 10.1. The molecule has 17 heavy (non-hydrogen) atoms. The highest BCUT2D eigenvalue weighted by Crippen LogP contribution is 2.27. The van der Waals surface area contributed by atoms with Gasteiger partial charge in [-0.3, -0.25) is 10.1 Å². The van der Waals surface area contributed by atoms with Gasteiger partial charge in [-0.1, -0.05) is 0 Å². The molecule has 0 bridgehead atoms. The minimum Gasteiger partial charge on any atom is -0.390 e. The van der Waals surface area contributed by atoms with E-state index in [1.165, 1.54) is 18.2 Å². The van der Waals surface area contributed by atoms with Crippen LogP contribution in [0.3, 0.4) is 0 Å². The molecule has 0 heterocycles. The van der Waals surface area contributed by atoms with Gasteiger partial charge in [-0.05, 0) is 22.0 Å². The normalized spacial score (nSPS) is 11.3. The molecule has 0 aliphatic rings. The van der Waals surface area contributed by atoms with Gasteiger partial charge >= 0.3 is 0 Å². The minimum atomic E-state index is -3.23. The van der Waals surface area contributed by atoms with E-state index in [9.17, 15) is 18.9 Å². The van der Waals surface area contributed by atoms with Crippen LogP contribution < -0.4 is 5.32 Å². The molecule has 0 radical (unpaired) electrons. The van der Waals surface area contributed by atoms with E-state index in [-0.39, 0.29) is 5.69 Å². The number of hydrogen-bond acceptors (Lipinski definition) is 4. The van der Waals surface area contributed by atoms with Crippen LogP contribution in [0.2, 0.25) is 0 Å². The third-order valence-electron chi connectivity index (χ3n) is 1.93. The Morgan fingerprint density at radius 3 is 2.65 bits per heavy atom. The molecule has 8 heteroatoms. The van der Waals surface area contributed by atoms with Crippen LogP contribution in [0.4, 0.5) is 20.2 Å². The summed E-state index contributed by atoms with van der Waals surface area (Å²) in [4.78, 5) is 9.85.